The lowest BCUT2D eigenvalue weighted by molar-refractivity contribution is -0.143. The van der Waals surface area contributed by atoms with Crippen molar-refractivity contribution in [1.29, 1.82) is 0 Å². The van der Waals surface area contributed by atoms with Crippen molar-refractivity contribution in [3.63, 3.8) is 0 Å². The molecule has 1 aromatic carbocycles. The summed E-state index contributed by atoms with van der Waals surface area (Å²) in [5.74, 6) is -1.10. The standard InChI is InChI=1S/C19H23NO5/c1-19(2)10-15(22)18(16(23)11-19)14(21)7-8-20-13-9-12(24-3)5-6-17(13)25-4/h5-9,18,20H,10-11H2,1-4H3/b8-7-. The van der Waals surface area contributed by atoms with E-state index in [4.69, 9.17) is 9.47 Å². The molecule has 25 heavy (non-hydrogen) atoms. The van der Waals surface area contributed by atoms with Crippen LogP contribution in [0.4, 0.5) is 5.69 Å². The highest BCUT2D eigenvalue weighted by atomic mass is 16.5. The number of carbonyl (C=O) groups excluding carboxylic acids is 3. The van der Waals surface area contributed by atoms with E-state index in [1.54, 1.807) is 25.3 Å². The highest BCUT2D eigenvalue weighted by molar-refractivity contribution is 6.23. The Labute approximate surface area is 147 Å². The normalized spacial score (nSPS) is 17.6. The maximum atomic E-state index is 12.3. The summed E-state index contributed by atoms with van der Waals surface area (Å²) in [6, 6.07) is 5.19. The second-order valence-corrected chi connectivity index (χ2v) is 6.83. The van der Waals surface area contributed by atoms with Gasteiger partial charge in [-0.05, 0) is 23.6 Å². The molecule has 134 valence electrons. The summed E-state index contributed by atoms with van der Waals surface area (Å²) < 4.78 is 10.4. The zero-order valence-electron chi connectivity index (χ0n) is 14.9. The smallest absolute Gasteiger partial charge is 0.175 e. The van der Waals surface area contributed by atoms with E-state index in [1.165, 1.54) is 19.4 Å². The van der Waals surface area contributed by atoms with Crippen molar-refractivity contribution < 1.29 is 23.9 Å². The van der Waals surface area contributed by atoms with Crippen LogP contribution in [0.25, 0.3) is 0 Å². The van der Waals surface area contributed by atoms with Gasteiger partial charge in [-0.3, -0.25) is 14.4 Å². The number of anilines is 1. The van der Waals surface area contributed by atoms with E-state index in [2.05, 4.69) is 5.32 Å². The molecule has 0 atom stereocenters. The van der Waals surface area contributed by atoms with Gasteiger partial charge in [-0.25, -0.2) is 0 Å². The molecule has 0 unspecified atom stereocenters. The number of hydrogen-bond acceptors (Lipinski definition) is 6. The Morgan fingerprint density at radius 3 is 2.36 bits per heavy atom. The predicted octanol–water partition coefficient (Wildman–Crippen LogP) is 2.77. The molecular weight excluding hydrogens is 322 g/mol. The lowest BCUT2D eigenvalue weighted by Crippen LogP contribution is -2.41. The summed E-state index contributed by atoms with van der Waals surface area (Å²) in [5, 5.41) is 2.93. The molecule has 0 amide bonds. The molecule has 0 bridgehead atoms. The topological polar surface area (TPSA) is 81.7 Å². The molecule has 0 heterocycles. The molecule has 1 saturated carbocycles. The number of ketones is 3. The molecule has 2 rings (SSSR count). The lowest BCUT2D eigenvalue weighted by Gasteiger charge is -2.30. The number of nitrogens with one attached hydrogen (secondary N) is 1. The summed E-state index contributed by atoms with van der Waals surface area (Å²) >= 11 is 0. The van der Waals surface area contributed by atoms with Crippen LogP contribution in [0.1, 0.15) is 26.7 Å². The molecule has 1 fully saturated rings. The number of rotatable bonds is 6. The third-order valence-corrected chi connectivity index (χ3v) is 4.13. The van der Waals surface area contributed by atoms with Gasteiger partial charge in [0.2, 0.25) is 0 Å². The molecule has 6 heteroatoms. The van der Waals surface area contributed by atoms with E-state index >= 15 is 0 Å². The van der Waals surface area contributed by atoms with Crippen LogP contribution in [0.2, 0.25) is 0 Å². The van der Waals surface area contributed by atoms with Crippen LogP contribution in [0.5, 0.6) is 11.5 Å². The van der Waals surface area contributed by atoms with Crippen LogP contribution < -0.4 is 14.8 Å². The molecule has 6 nitrogen and oxygen atoms in total. The Kier molecular flexibility index (Phi) is 5.62. The van der Waals surface area contributed by atoms with Crippen molar-refractivity contribution in [2.45, 2.75) is 26.7 Å². The first-order chi connectivity index (χ1) is 11.8. The molecule has 1 aliphatic carbocycles. The third kappa shape index (κ3) is 4.47. The van der Waals surface area contributed by atoms with Gasteiger partial charge in [-0.15, -0.1) is 0 Å². The Morgan fingerprint density at radius 1 is 1.16 bits per heavy atom. The summed E-state index contributed by atoms with van der Waals surface area (Å²) in [4.78, 5) is 36.6. The number of hydrogen-bond donors (Lipinski definition) is 1. The van der Waals surface area contributed by atoms with Gasteiger partial charge in [-0.2, -0.15) is 0 Å². The lowest BCUT2D eigenvalue weighted by atomic mass is 9.70. The van der Waals surface area contributed by atoms with Gasteiger partial charge < -0.3 is 14.8 Å². The number of Topliss-reactive ketones (excluding diaryl/α,β-unsaturated/α-hetero) is 2. The van der Waals surface area contributed by atoms with E-state index in [0.717, 1.165) is 0 Å². The van der Waals surface area contributed by atoms with Crippen molar-refractivity contribution in [3.05, 3.63) is 30.5 Å². The molecule has 1 N–H and O–H groups in total. The Balaban J connectivity index is 2.08. The summed E-state index contributed by atoms with van der Waals surface area (Å²) in [7, 11) is 3.08. The number of ether oxygens (including phenoxy) is 2. The van der Waals surface area contributed by atoms with Crippen LogP contribution >= 0.6 is 0 Å². The molecule has 0 radical (unpaired) electrons. The van der Waals surface area contributed by atoms with Crippen LogP contribution in [-0.2, 0) is 14.4 Å². The Bertz CT molecular complexity index is 701. The second kappa shape index (κ2) is 7.51. The average molecular weight is 345 g/mol. The molecule has 1 aliphatic rings. The van der Waals surface area contributed by atoms with Crippen molar-refractivity contribution in [1.82, 2.24) is 0 Å². The number of benzene rings is 1. The minimum Gasteiger partial charge on any atom is -0.497 e. The van der Waals surface area contributed by atoms with Gasteiger partial charge in [0.15, 0.2) is 17.3 Å². The fourth-order valence-electron chi connectivity index (χ4n) is 2.94. The average Bonchev–Trinajstić information content (AvgIpc) is 2.52. The molecule has 0 spiro atoms. The van der Waals surface area contributed by atoms with Gasteiger partial charge in [0.25, 0.3) is 0 Å². The molecular formula is C19H23NO5. The molecule has 0 aromatic heterocycles. The van der Waals surface area contributed by atoms with E-state index < -0.39 is 11.7 Å². The Hall–Kier alpha value is -2.63. The van der Waals surface area contributed by atoms with E-state index in [9.17, 15) is 14.4 Å². The van der Waals surface area contributed by atoms with Gasteiger partial charge in [0.05, 0.1) is 19.9 Å². The maximum absolute atomic E-state index is 12.3. The molecule has 1 aromatic rings. The van der Waals surface area contributed by atoms with Crippen LogP contribution in [0, 0.1) is 11.3 Å². The number of methoxy groups -OCH3 is 2. The third-order valence-electron chi connectivity index (χ3n) is 4.13. The van der Waals surface area contributed by atoms with Crippen LogP contribution in [-0.4, -0.2) is 31.6 Å². The minimum atomic E-state index is -1.18. The minimum absolute atomic E-state index is 0.236. The number of carbonyl (C=O) groups is 3. The van der Waals surface area contributed by atoms with Crippen molar-refractivity contribution in [2.24, 2.45) is 11.3 Å². The van der Waals surface area contributed by atoms with Crippen molar-refractivity contribution in [3.8, 4) is 11.5 Å². The van der Waals surface area contributed by atoms with Crippen LogP contribution in [0.3, 0.4) is 0 Å². The highest BCUT2D eigenvalue weighted by Gasteiger charge is 2.42. The first kappa shape index (κ1) is 18.7. The van der Waals surface area contributed by atoms with E-state index in [1.807, 2.05) is 13.8 Å². The Morgan fingerprint density at radius 2 is 1.80 bits per heavy atom. The van der Waals surface area contributed by atoms with Gasteiger partial charge >= 0.3 is 0 Å². The quantitative estimate of drug-likeness (QED) is 0.631. The molecule has 0 aliphatic heterocycles. The predicted molar refractivity (Wildman–Crippen MR) is 93.8 cm³/mol. The van der Waals surface area contributed by atoms with E-state index in [-0.39, 0.29) is 29.8 Å². The monoisotopic (exact) mass is 345 g/mol. The van der Waals surface area contributed by atoms with Gasteiger partial charge in [-0.1, -0.05) is 13.8 Å². The van der Waals surface area contributed by atoms with Crippen molar-refractivity contribution in [2.75, 3.05) is 19.5 Å². The van der Waals surface area contributed by atoms with E-state index in [0.29, 0.717) is 17.2 Å². The van der Waals surface area contributed by atoms with Crippen LogP contribution in [0.15, 0.2) is 30.5 Å². The fraction of sp³-hybridized carbons (Fsp3) is 0.421. The van der Waals surface area contributed by atoms with Gasteiger partial charge in [0.1, 0.15) is 17.4 Å². The molecule has 0 saturated heterocycles. The first-order valence-electron chi connectivity index (χ1n) is 8.02. The van der Waals surface area contributed by atoms with Crippen molar-refractivity contribution >= 4 is 23.0 Å². The maximum Gasteiger partial charge on any atom is 0.175 e. The summed E-state index contributed by atoms with van der Waals surface area (Å²) in [5.41, 5.74) is 0.231. The summed E-state index contributed by atoms with van der Waals surface area (Å²) in [6.07, 6.45) is 3.10. The first-order valence-corrected chi connectivity index (χ1v) is 8.02. The summed E-state index contributed by atoms with van der Waals surface area (Å²) in [6.45, 7) is 3.71. The SMILES string of the molecule is COc1ccc(OC)c(N/C=C\C(=O)C2C(=O)CC(C)(C)CC2=O)c1. The zero-order chi connectivity index (χ0) is 18.6. The highest BCUT2D eigenvalue weighted by Crippen LogP contribution is 2.34. The zero-order valence-corrected chi connectivity index (χ0v) is 14.9. The van der Waals surface area contributed by atoms with Gasteiger partial charge in [0, 0.05) is 25.1 Å². The second-order valence-electron chi connectivity index (χ2n) is 6.83. The number of allylic oxidation sites excluding steroid dienone is 1. The largest absolute Gasteiger partial charge is 0.497 e. The fourth-order valence-corrected chi connectivity index (χ4v) is 2.94.